The van der Waals surface area contributed by atoms with E-state index in [1.807, 2.05) is 0 Å². The number of nitro groups is 1. The molecule has 0 aliphatic carbocycles. The van der Waals surface area contributed by atoms with E-state index in [1.54, 1.807) is 0 Å². The van der Waals surface area contributed by atoms with Crippen LogP contribution in [-0.2, 0) is 4.74 Å². The summed E-state index contributed by atoms with van der Waals surface area (Å²) < 4.78 is 9.95. The number of nitrogens with one attached hydrogen (secondary N) is 1. The van der Waals surface area contributed by atoms with Crippen LogP contribution >= 0.6 is 0 Å². The topological polar surface area (TPSA) is 111 Å². The number of carbonyl (C=O) groups excluding carboxylic acids is 1. The first-order valence-electron chi connectivity index (χ1n) is 6.39. The van der Waals surface area contributed by atoms with Gasteiger partial charge in [-0.15, -0.1) is 0 Å². The summed E-state index contributed by atoms with van der Waals surface area (Å²) in [5, 5.41) is 21.9. The predicted octanol–water partition coefficient (Wildman–Crippen LogP) is 0.732. The molecule has 0 radical (unpaired) electrons. The second-order valence-electron chi connectivity index (χ2n) is 4.09. The van der Waals surface area contributed by atoms with Crippen LogP contribution in [0.4, 0.5) is 5.69 Å². The van der Waals surface area contributed by atoms with E-state index in [0.29, 0.717) is 19.6 Å². The molecule has 21 heavy (non-hydrogen) atoms. The molecule has 0 bridgehead atoms. The Kier molecular flexibility index (Phi) is 7.13. The molecule has 1 aromatic carbocycles. The van der Waals surface area contributed by atoms with Crippen LogP contribution in [0.15, 0.2) is 18.2 Å². The Bertz CT molecular complexity index is 492. The largest absolute Gasteiger partial charge is 0.490 e. The Balaban J connectivity index is 2.53. The highest BCUT2D eigenvalue weighted by molar-refractivity contribution is 5.95. The van der Waals surface area contributed by atoms with Gasteiger partial charge in [0, 0.05) is 30.8 Å². The summed E-state index contributed by atoms with van der Waals surface area (Å²) in [7, 11) is 1.31. The summed E-state index contributed by atoms with van der Waals surface area (Å²) in [4.78, 5) is 22.0. The summed E-state index contributed by atoms with van der Waals surface area (Å²) >= 11 is 0. The first-order valence-corrected chi connectivity index (χ1v) is 6.39. The van der Waals surface area contributed by atoms with Gasteiger partial charge in [-0.25, -0.2) is 0 Å². The van der Waals surface area contributed by atoms with E-state index in [0.717, 1.165) is 0 Å². The van der Waals surface area contributed by atoms with Gasteiger partial charge in [-0.05, 0) is 12.5 Å². The van der Waals surface area contributed by atoms with Gasteiger partial charge in [0.2, 0.25) is 0 Å². The molecule has 0 aromatic heterocycles. The van der Waals surface area contributed by atoms with Crippen molar-refractivity contribution in [1.82, 2.24) is 5.32 Å². The maximum atomic E-state index is 11.9. The number of benzene rings is 1. The zero-order valence-corrected chi connectivity index (χ0v) is 11.7. The Labute approximate surface area is 121 Å². The number of aliphatic hydroxyl groups is 1. The van der Waals surface area contributed by atoms with Crippen LogP contribution in [0, 0.1) is 10.1 Å². The highest BCUT2D eigenvalue weighted by Gasteiger charge is 2.17. The lowest BCUT2D eigenvalue weighted by atomic mass is 10.1. The van der Waals surface area contributed by atoms with Crippen molar-refractivity contribution >= 4 is 11.6 Å². The fourth-order valence-corrected chi connectivity index (χ4v) is 1.61. The summed E-state index contributed by atoms with van der Waals surface area (Å²) in [6.45, 7) is 1.08. The summed E-state index contributed by atoms with van der Waals surface area (Å²) in [6.07, 6.45) is 0.607. The van der Waals surface area contributed by atoms with Crippen LogP contribution in [-0.4, -0.2) is 49.4 Å². The lowest BCUT2D eigenvalue weighted by Crippen LogP contribution is -2.25. The lowest BCUT2D eigenvalue weighted by molar-refractivity contribution is -0.385. The Morgan fingerprint density at radius 1 is 1.43 bits per heavy atom. The first-order chi connectivity index (χ1) is 10.1. The Morgan fingerprint density at radius 2 is 2.19 bits per heavy atom. The molecule has 0 unspecified atom stereocenters. The van der Waals surface area contributed by atoms with Crippen molar-refractivity contribution in [3.63, 3.8) is 0 Å². The number of aliphatic hydroxyl groups excluding tert-OH is 1. The minimum absolute atomic E-state index is 0.0328. The van der Waals surface area contributed by atoms with Gasteiger partial charge >= 0.3 is 5.69 Å². The molecule has 1 amide bonds. The average Bonchev–Trinajstić information content (AvgIpc) is 2.49. The van der Waals surface area contributed by atoms with Gasteiger partial charge in [0.05, 0.1) is 25.2 Å². The molecule has 116 valence electrons. The van der Waals surface area contributed by atoms with Gasteiger partial charge in [-0.2, -0.15) is 0 Å². The molecule has 0 heterocycles. The Hall–Kier alpha value is -2.19. The maximum Gasteiger partial charge on any atom is 0.310 e. The third-order valence-electron chi connectivity index (χ3n) is 2.63. The number of methoxy groups -OCH3 is 1. The van der Waals surface area contributed by atoms with Crippen LogP contribution in [0.1, 0.15) is 16.8 Å². The van der Waals surface area contributed by atoms with E-state index in [1.165, 1.54) is 25.3 Å². The average molecular weight is 298 g/mol. The van der Waals surface area contributed by atoms with Gasteiger partial charge in [-0.3, -0.25) is 14.9 Å². The molecule has 1 rings (SSSR count). The van der Waals surface area contributed by atoms with Crippen LogP contribution in [0.5, 0.6) is 5.75 Å². The molecule has 1 aromatic rings. The highest BCUT2D eigenvalue weighted by atomic mass is 16.6. The molecular formula is C13H18N2O6. The zero-order valence-electron chi connectivity index (χ0n) is 11.7. The second-order valence-corrected chi connectivity index (χ2v) is 4.09. The zero-order chi connectivity index (χ0) is 15.7. The van der Waals surface area contributed by atoms with Crippen molar-refractivity contribution in [1.29, 1.82) is 0 Å². The van der Waals surface area contributed by atoms with E-state index >= 15 is 0 Å². The fraction of sp³-hybridized carbons (Fsp3) is 0.462. The number of rotatable bonds is 9. The van der Waals surface area contributed by atoms with E-state index < -0.39 is 4.92 Å². The van der Waals surface area contributed by atoms with Gasteiger partial charge < -0.3 is 19.9 Å². The van der Waals surface area contributed by atoms with Crippen molar-refractivity contribution in [3.8, 4) is 5.75 Å². The van der Waals surface area contributed by atoms with Crippen molar-refractivity contribution < 1.29 is 24.3 Å². The Morgan fingerprint density at radius 3 is 2.81 bits per heavy atom. The molecule has 0 fully saturated rings. The molecular weight excluding hydrogens is 280 g/mol. The van der Waals surface area contributed by atoms with Crippen molar-refractivity contribution in [3.05, 3.63) is 33.9 Å². The number of hydrogen-bond donors (Lipinski definition) is 2. The standard InChI is InChI=1S/C13H18N2O6/c1-20-12-9-10(3-4-11(12)15(18)19)13(17)14-5-2-7-21-8-6-16/h3-4,9,16H,2,5-8H2,1H3,(H,14,17). The van der Waals surface area contributed by atoms with E-state index in [4.69, 9.17) is 14.6 Å². The second kappa shape index (κ2) is 8.88. The van der Waals surface area contributed by atoms with Crippen LogP contribution < -0.4 is 10.1 Å². The van der Waals surface area contributed by atoms with E-state index in [-0.39, 0.29) is 36.1 Å². The van der Waals surface area contributed by atoms with Crippen LogP contribution in [0.3, 0.4) is 0 Å². The SMILES string of the molecule is COc1cc(C(=O)NCCCOCCO)ccc1[N+](=O)[O-]. The van der Waals surface area contributed by atoms with Gasteiger partial charge in [-0.1, -0.05) is 0 Å². The minimum atomic E-state index is -0.570. The van der Waals surface area contributed by atoms with Crippen LogP contribution in [0.25, 0.3) is 0 Å². The number of ether oxygens (including phenoxy) is 2. The third kappa shape index (κ3) is 5.36. The van der Waals surface area contributed by atoms with Gasteiger partial charge in [0.15, 0.2) is 5.75 Å². The van der Waals surface area contributed by atoms with Gasteiger partial charge in [0.25, 0.3) is 5.91 Å². The highest BCUT2D eigenvalue weighted by Crippen LogP contribution is 2.27. The summed E-state index contributed by atoms with van der Waals surface area (Å²) in [5.41, 5.74) is 0.0974. The maximum absolute atomic E-state index is 11.9. The quantitative estimate of drug-likeness (QED) is 0.395. The van der Waals surface area contributed by atoms with Crippen LogP contribution in [0.2, 0.25) is 0 Å². The number of amides is 1. The molecule has 0 saturated carbocycles. The molecule has 0 aliphatic rings. The van der Waals surface area contributed by atoms with E-state index in [9.17, 15) is 14.9 Å². The molecule has 2 N–H and O–H groups in total. The number of nitro benzene ring substituents is 1. The molecule has 0 atom stereocenters. The van der Waals surface area contributed by atoms with Crippen molar-refractivity contribution in [2.24, 2.45) is 0 Å². The van der Waals surface area contributed by atoms with Crippen molar-refractivity contribution in [2.45, 2.75) is 6.42 Å². The molecule has 8 heteroatoms. The molecule has 0 saturated heterocycles. The van der Waals surface area contributed by atoms with Crippen molar-refractivity contribution in [2.75, 3.05) is 33.5 Å². The normalized spacial score (nSPS) is 10.2. The summed E-state index contributed by atoms with van der Waals surface area (Å²) in [5.74, 6) is -0.302. The lowest BCUT2D eigenvalue weighted by Gasteiger charge is -2.07. The predicted molar refractivity (Wildman–Crippen MR) is 74.5 cm³/mol. The van der Waals surface area contributed by atoms with E-state index in [2.05, 4.69) is 5.32 Å². The molecule has 8 nitrogen and oxygen atoms in total. The first kappa shape index (κ1) is 16.9. The van der Waals surface area contributed by atoms with Gasteiger partial charge in [0.1, 0.15) is 0 Å². The molecule has 0 aliphatic heterocycles. The number of nitrogens with zero attached hydrogens (tertiary/aromatic N) is 1. The summed E-state index contributed by atoms with van der Waals surface area (Å²) in [6, 6.07) is 3.94. The number of carbonyl (C=O) groups is 1. The molecule has 0 spiro atoms. The smallest absolute Gasteiger partial charge is 0.310 e. The minimum Gasteiger partial charge on any atom is -0.490 e. The number of hydrogen-bond acceptors (Lipinski definition) is 6. The monoisotopic (exact) mass is 298 g/mol. The fourth-order valence-electron chi connectivity index (χ4n) is 1.61. The third-order valence-corrected chi connectivity index (χ3v) is 2.63.